The normalized spacial score (nSPS) is 11.3. The van der Waals surface area contributed by atoms with E-state index in [-0.39, 0.29) is 0 Å². The first-order valence-electron chi connectivity index (χ1n) is 7.74. The highest BCUT2D eigenvalue weighted by Gasteiger charge is 2.16. The van der Waals surface area contributed by atoms with Crippen LogP contribution in [0.15, 0.2) is 65.0 Å². The summed E-state index contributed by atoms with van der Waals surface area (Å²) in [5.41, 5.74) is 1.63. The number of hydrogen-bond acceptors (Lipinski definition) is 5. The summed E-state index contributed by atoms with van der Waals surface area (Å²) in [6.45, 7) is 2.61. The van der Waals surface area contributed by atoms with Crippen molar-refractivity contribution in [2.24, 2.45) is 0 Å². The Kier molecular flexibility index (Phi) is 5.06. The summed E-state index contributed by atoms with van der Waals surface area (Å²) in [7, 11) is -1.61. The van der Waals surface area contributed by atoms with Crippen molar-refractivity contribution in [2.45, 2.75) is 17.7 Å². The van der Waals surface area contributed by atoms with E-state index < -0.39 is 10.0 Å². The van der Waals surface area contributed by atoms with Crippen LogP contribution in [0.1, 0.15) is 10.4 Å². The molecule has 0 aliphatic heterocycles. The lowest BCUT2D eigenvalue weighted by molar-refractivity contribution is 0.603. The zero-order chi connectivity index (χ0) is 17.9. The number of pyridine rings is 1. The molecule has 0 amide bonds. The molecule has 0 unspecified atom stereocenters. The van der Waals surface area contributed by atoms with E-state index in [4.69, 9.17) is 0 Å². The molecule has 0 saturated carbocycles. The Hall–Kier alpha value is -2.38. The van der Waals surface area contributed by atoms with Crippen molar-refractivity contribution < 1.29 is 8.42 Å². The van der Waals surface area contributed by atoms with E-state index >= 15 is 0 Å². The van der Waals surface area contributed by atoms with Crippen LogP contribution >= 0.6 is 11.3 Å². The molecule has 0 atom stereocenters. The lowest BCUT2D eigenvalue weighted by Crippen LogP contribution is -2.18. The predicted molar refractivity (Wildman–Crippen MR) is 103 cm³/mol. The van der Waals surface area contributed by atoms with Gasteiger partial charge in [0.05, 0.1) is 11.9 Å². The molecule has 0 radical (unpaired) electrons. The zero-order valence-electron chi connectivity index (χ0n) is 14.0. The van der Waals surface area contributed by atoms with Crippen molar-refractivity contribution in [2.75, 3.05) is 16.7 Å². The SMILES string of the molecule is Cc1ccc(S(=O)(=O)Nc2ccc(N(C)Cc3ccccc3)nc2)s1. The number of anilines is 2. The molecular formula is C18H19N3O2S2. The molecule has 130 valence electrons. The first kappa shape index (κ1) is 17.4. The van der Waals surface area contributed by atoms with Gasteiger partial charge < -0.3 is 4.90 Å². The summed E-state index contributed by atoms with van der Waals surface area (Å²) in [6, 6.07) is 17.0. The zero-order valence-corrected chi connectivity index (χ0v) is 15.6. The molecule has 2 heterocycles. The fourth-order valence-corrected chi connectivity index (χ4v) is 4.70. The van der Waals surface area contributed by atoms with Crippen molar-refractivity contribution in [3.8, 4) is 0 Å². The maximum absolute atomic E-state index is 12.3. The van der Waals surface area contributed by atoms with Gasteiger partial charge in [-0.2, -0.15) is 0 Å². The highest BCUT2D eigenvalue weighted by atomic mass is 32.2. The minimum atomic E-state index is -3.56. The Morgan fingerprint density at radius 2 is 1.84 bits per heavy atom. The average Bonchev–Trinajstić information content (AvgIpc) is 3.03. The summed E-state index contributed by atoms with van der Waals surface area (Å²) in [6.07, 6.45) is 1.54. The fraction of sp³-hybridized carbons (Fsp3) is 0.167. The van der Waals surface area contributed by atoms with E-state index in [9.17, 15) is 8.42 Å². The number of rotatable bonds is 6. The number of nitrogens with one attached hydrogen (secondary N) is 1. The molecule has 0 spiro atoms. The van der Waals surface area contributed by atoms with Crippen molar-refractivity contribution >= 4 is 32.9 Å². The number of hydrogen-bond donors (Lipinski definition) is 1. The molecule has 2 aromatic heterocycles. The smallest absolute Gasteiger partial charge is 0.271 e. The third-order valence-electron chi connectivity index (χ3n) is 3.63. The number of benzene rings is 1. The van der Waals surface area contributed by atoms with Crippen LogP contribution in [0.5, 0.6) is 0 Å². The van der Waals surface area contributed by atoms with Gasteiger partial charge in [0.15, 0.2) is 0 Å². The van der Waals surface area contributed by atoms with Crippen LogP contribution < -0.4 is 9.62 Å². The van der Waals surface area contributed by atoms with E-state index in [1.165, 1.54) is 23.1 Å². The maximum Gasteiger partial charge on any atom is 0.271 e. The Balaban J connectivity index is 1.70. The topological polar surface area (TPSA) is 62.3 Å². The van der Waals surface area contributed by atoms with Crippen molar-refractivity contribution in [1.82, 2.24) is 4.98 Å². The molecule has 0 aliphatic rings. The van der Waals surface area contributed by atoms with Crippen LogP contribution in [0.4, 0.5) is 11.5 Å². The third-order valence-corrected chi connectivity index (χ3v) is 6.51. The molecule has 3 rings (SSSR count). The van der Waals surface area contributed by atoms with Crippen LogP contribution in [0.3, 0.4) is 0 Å². The maximum atomic E-state index is 12.3. The van der Waals surface area contributed by atoms with Gasteiger partial charge in [0.25, 0.3) is 10.0 Å². The Bertz CT molecular complexity index is 936. The number of thiophene rings is 1. The Morgan fingerprint density at radius 3 is 2.44 bits per heavy atom. The minimum Gasteiger partial charge on any atom is -0.355 e. The van der Waals surface area contributed by atoms with E-state index in [0.29, 0.717) is 9.90 Å². The number of aromatic nitrogens is 1. The molecule has 0 bridgehead atoms. The minimum absolute atomic E-state index is 0.301. The van der Waals surface area contributed by atoms with E-state index in [0.717, 1.165) is 17.2 Å². The number of nitrogens with zero attached hydrogens (tertiary/aromatic N) is 2. The molecular weight excluding hydrogens is 354 g/mol. The Morgan fingerprint density at radius 1 is 1.08 bits per heavy atom. The van der Waals surface area contributed by atoms with Gasteiger partial charge >= 0.3 is 0 Å². The van der Waals surface area contributed by atoms with Crippen LogP contribution in [0, 0.1) is 6.92 Å². The molecule has 1 N–H and O–H groups in total. The van der Waals surface area contributed by atoms with Crippen molar-refractivity contribution in [3.63, 3.8) is 0 Å². The molecule has 25 heavy (non-hydrogen) atoms. The van der Waals surface area contributed by atoms with Crippen LogP contribution in [0.2, 0.25) is 0 Å². The summed E-state index contributed by atoms with van der Waals surface area (Å²) >= 11 is 1.24. The lowest BCUT2D eigenvalue weighted by Gasteiger charge is -2.18. The number of aryl methyl sites for hydroxylation is 1. The summed E-state index contributed by atoms with van der Waals surface area (Å²) in [5, 5.41) is 0. The average molecular weight is 374 g/mol. The second kappa shape index (κ2) is 7.25. The molecule has 5 nitrogen and oxygen atoms in total. The van der Waals surface area contributed by atoms with Gasteiger partial charge in [-0.1, -0.05) is 30.3 Å². The summed E-state index contributed by atoms with van der Waals surface area (Å²) in [4.78, 5) is 7.33. The quantitative estimate of drug-likeness (QED) is 0.712. The molecule has 0 aliphatic carbocycles. The largest absolute Gasteiger partial charge is 0.355 e. The van der Waals surface area contributed by atoms with Crippen molar-refractivity contribution in [1.29, 1.82) is 0 Å². The monoisotopic (exact) mass is 373 g/mol. The third kappa shape index (κ3) is 4.37. The van der Waals surface area contributed by atoms with Gasteiger partial charge in [0.2, 0.25) is 0 Å². The predicted octanol–water partition coefficient (Wildman–Crippen LogP) is 3.89. The van der Waals surface area contributed by atoms with Gasteiger partial charge in [-0.3, -0.25) is 4.72 Å². The molecule has 7 heteroatoms. The Labute approximate surface area is 152 Å². The van der Waals surface area contributed by atoms with Crippen LogP contribution in [-0.2, 0) is 16.6 Å². The lowest BCUT2D eigenvalue weighted by atomic mass is 10.2. The molecule has 1 aromatic carbocycles. The second-order valence-corrected chi connectivity index (χ2v) is 8.91. The van der Waals surface area contributed by atoms with Gasteiger partial charge in [0.1, 0.15) is 10.0 Å². The van der Waals surface area contributed by atoms with Gasteiger partial charge in [-0.05, 0) is 36.8 Å². The summed E-state index contributed by atoms with van der Waals surface area (Å²) < 4.78 is 27.5. The number of sulfonamides is 1. The van der Waals surface area contributed by atoms with E-state index in [1.807, 2.05) is 37.1 Å². The summed E-state index contributed by atoms with van der Waals surface area (Å²) in [5.74, 6) is 0.777. The molecule has 0 fully saturated rings. The van der Waals surface area contributed by atoms with Gasteiger partial charge in [0, 0.05) is 18.5 Å². The molecule has 0 saturated heterocycles. The van der Waals surface area contributed by atoms with E-state index in [2.05, 4.69) is 21.8 Å². The van der Waals surface area contributed by atoms with Crippen molar-refractivity contribution in [3.05, 3.63) is 71.2 Å². The first-order chi connectivity index (χ1) is 11.9. The van der Waals surface area contributed by atoms with Crippen LogP contribution in [-0.4, -0.2) is 20.4 Å². The first-order valence-corrected chi connectivity index (χ1v) is 10.0. The highest BCUT2D eigenvalue weighted by Crippen LogP contribution is 2.24. The van der Waals surface area contributed by atoms with Crippen LogP contribution in [0.25, 0.3) is 0 Å². The van der Waals surface area contributed by atoms with Gasteiger partial charge in [-0.25, -0.2) is 13.4 Å². The highest BCUT2D eigenvalue weighted by molar-refractivity contribution is 7.94. The standard InChI is InChI=1S/C18H19N3O2S2/c1-14-8-11-18(24-14)25(22,23)20-16-9-10-17(19-12-16)21(2)13-15-6-4-3-5-7-15/h3-12,20H,13H2,1-2H3. The second-order valence-electron chi connectivity index (χ2n) is 5.72. The molecule has 3 aromatic rings. The van der Waals surface area contributed by atoms with E-state index in [1.54, 1.807) is 24.3 Å². The van der Waals surface area contributed by atoms with Gasteiger partial charge in [-0.15, -0.1) is 11.3 Å². The fourth-order valence-electron chi connectivity index (χ4n) is 2.37.